The van der Waals surface area contributed by atoms with Gasteiger partial charge in [-0.1, -0.05) is 30.3 Å². The number of fused-ring (bicyclic) bond motifs is 1. The zero-order chi connectivity index (χ0) is 26.6. The number of pyridine rings is 1. The SMILES string of the molecule is C=CCc1cc(C=C2C(=N)N3N=C(c4cccnc4)SC3=NC2=O)cc(OC)c1OCc1ccccc1C. The second-order valence-electron chi connectivity index (χ2n) is 8.59. The maximum absolute atomic E-state index is 12.9. The van der Waals surface area contributed by atoms with E-state index in [1.807, 2.05) is 49.4 Å². The van der Waals surface area contributed by atoms with Gasteiger partial charge in [-0.05, 0) is 72.1 Å². The molecule has 0 atom stereocenters. The topological polar surface area (TPSA) is 100 Å². The number of amidine groups is 2. The molecule has 38 heavy (non-hydrogen) atoms. The summed E-state index contributed by atoms with van der Waals surface area (Å²) in [6.07, 6.45) is 7.31. The molecule has 8 nitrogen and oxygen atoms in total. The van der Waals surface area contributed by atoms with Gasteiger partial charge in [0.25, 0.3) is 5.91 Å². The summed E-state index contributed by atoms with van der Waals surface area (Å²) < 4.78 is 11.9. The Morgan fingerprint density at radius 2 is 2.00 bits per heavy atom. The normalized spacial score (nSPS) is 15.7. The molecule has 0 fully saturated rings. The monoisotopic (exact) mass is 523 g/mol. The van der Waals surface area contributed by atoms with Crippen molar-refractivity contribution in [3.8, 4) is 11.5 Å². The Labute approximate surface area is 224 Å². The van der Waals surface area contributed by atoms with Gasteiger partial charge in [0.1, 0.15) is 11.7 Å². The number of nitrogens with zero attached hydrogens (tertiary/aromatic N) is 4. The molecule has 2 aromatic carbocycles. The predicted octanol–water partition coefficient (Wildman–Crippen LogP) is 5.37. The minimum absolute atomic E-state index is 0.0458. The summed E-state index contributed by atoms with van der Waals surface area (Å²) in [5.41, 5.74) is 4.67. The molecule has 3 aromatic rings. The quantitative estimate of drug-likeness (QED) is 0.315. The molecule has 1 N–H and O–H groups in total. The van der Waals surface area contributed by atoms with E-state index >= 15 is 0 Å². The van der Waals surface area contributed by atoms with E-state index in [1.54, 1.807) is 37.7 Å². The van der Waals surface area contributed by atoms with Crippen molar-refractivity contribution in [1.29, 1.82) is 5.41 Å². The number of aryl methyl sites for hydroxylation is 1. The lowest BCUT2D eigenvalue weighted by Gasteiger charge is -2.20. The first kappa shape index (κ1) is 25.2. The Balaban J connectivity index is 1.46. The van der Waals surface area contributed by atoms with Crippen LogP contribution in [0.4, 0.5) is 0 Å². The number of aliphatic imine (C=N–C) groups is 1. The molecule has 5 rings (SSSR count). The molecule has 1 amide bonds. The minimum atomic E-state index is -0.500. The number of benzene rings is 2. The average molecular weight is 524 g/mol. The number of carbonyl (C=O) groups excluding carboxylic acids is 1. The fourth-order valence-electron chi connectivity index (χ4n) is 4.08. The van der Waals surface area contributed by atoms with Crippen LogP contribution in [0.25, 0.3) is 6.08 Å². The molecule has 190 valence electrons. The third-order valence-corrected chi connectivity index (χ3v) is 7.00. The zero-order valence-electron chi connectivity index (χ0n) is 21.0. The van der Waals surface area contributed by atoms with Crippen LogP contribution in [-0.2, 0) is 17.8 Å². The first-order valence-electron chi connectivity index (χ1n) is 11.9. The number of rotatable bonds is 8. The Kier molecular flexibility index (Phi) is 7.19. The second-order valence-corrected chi connectivity index (χ2v) is 9.54. The van der Waals surface area contributed by atoms with Gasteiger partial charge < -0.3 is 9.47 Å². The smallest absolute Gasteiger partial charge is 0.283 e. The number of methoxy groups -OCH3 is 1. The van der Waals surface area contributed by atoms with Crippen LogP contribution >= 0.6 is 11.8 Å². The highest BCUT2D eigenvalue weighted by Crippen LogP contribution is 2.36. The molecule has 0 saturated heterocycles. The molecule has 0 aliphatic carbocycles. The van der Waals surface area contributed by atoms with Gasteiger partial charge in [-0.15, -0.1) is 6.58 Å². The van der Waals surface area contributed by atoms with Crippen molar-refractivity contribution in [1.82, 2.24) is 9.99 Å². The van der Waals surface area contributed by atoms with Gasteiger partial charge in [0.15, 0.2) is 17.3 Å². The van der Waals surface area contributed by atoms with Gasteiger partial charge in [-0.2, -0.15) is 15.1 Å². The molecule has 3 heterocycles. The van der Waals surface area contributed by atoms with Crippen molar-refractivity contribution in [3.63, 3.8) is 0 Å². The number of hydrogen-bond acceptors (Lipinski definition) is 7. The summed E-state index contributed by atoms with van der Waals surface area (Å²) in [6, 6.07) is 15.4. The van der Waals surface area contributed by atoms with Gasteiger partial charge in [0.2, 0.25) is 5.17 Å². The molecular formula is C29H25N5O3S. The minimum Gasteiger partial charge on any atom is -0.493 e. The highest BCUT2D eigenvalue weighted by atomic mass is 32.2. The van der Waals surface area contributed by atoms with E-state index in [4.69, 9.17) is 14.9 Å². The van der Waals surface area contributed by atoms with Crippen molar-refractivity contribution in [2.75, 3.05) is 7.11 Å². The van der Waals surface area contributed by atoms with Crippen LogP contribution < -0.4 is 9.47 Å². The first-order chi connectivity index (χ1) is 18.5. The number of hydrogen-bond donors (Lipinski definition) is 1. The van der Waals surface area contributed by atoms with E-state index in [9.17, 15) is 4.79 Å². The van der Waals surface area contributed by atoms with Crippen LogP contribution in [0.5, 0.6) is 11.5 Å². The molecule has 2 aliphatic heterocycles. The predicted molar refractivity (Wildman–Crippen MR) is 151 cm³/mol. The first-order valence-corrected chi connectivity index (χ1v) is 12.7. The maximum atomic E-state index is 12.9. The van der Waals surface area contributed by atoms with E-state index in [-0.39, 0.29) is 11.4 Å². The Morgan fingerprint density at radius 1 is 1.16 bits per heavy atom. The fourth-order valence-corrected chi connectivity index (χ4v) is 4.96. The van der Waals surface area contributed by atoms with Gasteiger partial charge in [-0.25, -0.2) is 0 Å². The van der Waals surface area contributed by atoms with Crippen molar-refractivity contribution >= 4 is 39.8 Å². The van der Waals surface area contributed by atoms with Gasteiger partial charge in [0.05, 0.1) is 12.7 Å². The van der Waals surface area contributed by atoms with E-state index in [1.165, 1.54) is 16.8 Å². The molecule has 0 radical (unpaired) electrons. The molecule has 0 unspecified atom stereocenters. The number of amides is 1. The number of allylic oxidation sites excluding steroid dienone is 1. The standard InChI is InChI=1S/C29H25N5O3S/c1-4-8-20-13-19(15-24(36-3)25(20)37-17-22-10-6-5-9-18(22)2)14-23-26(30)34-29(32-27(23)35)38-28(33-34)21-11-7-12-31-16-21/h4-7,9-16,30H,1,8,17H2,2-3H3. The number of hydrazone groups is 1. The molecule has 0 saturated carbocycles. The average Bonchev–Trinajstić information content (AvgIpc) is 3.36. The zero-order valence-corrected chi connectivity index (χ0v) is 21.8. The van der Waals surface area contributed by atoms with E-state index in [0.717, 1.165) is 22.3 Å². The van der Waals surface area contributed by atoms with Crippen molar-refractivity contribution < 1.29 is 14.3 Å². The van der Waals surface area contributed by atoms with Crippen LogP contribution in [0, 0.1) is 12.3 Å². The third-order valence-electron chi connectivity index (χ3n) is 6.05. The van der Waals surface area contributed by atoms with Gasteiger partial charge in [-0.3, -0.25) is 15.2 Å². The highest BCUT2D eigenvalue weighted by molar-refractivity contribution is 8.27. The molecule has 0 spiro atoms. The number of ether oxygens (including phenoxy) is 2. The Hall–Kier alpha value is -4.50. The van der Waals surface area contributed by atoms with Crippen LogP contribution in [0.1, 0.15) is 27.8 Å². The number of aromatic nitrogens is 1. The van der Waals surface area contributed by atoms with Crippen molar-refractivity contribution in [3.05, 3.63) is 107 Å². The number of thioether (sulfide) groups is 1. The van der Waals surface area contributed by atoms with E-state index in [2.05, 4.69) is 21.7 Å². The second kappa shape index (κ2) is 10.9. The van der Waals surface area contributed by atoms with Gasteiger partial charge >= 0.3 is 0 Å². The molecule has 1 aromatic heterocycles. The molecular weight excluding hydrogens is 498 g/mol. The fraction of sp³-hybridized carbons (Fsp3) is 0.138. The molecule has 0 bridgehead atoms. The number of carbonyl (C=O) groups is 1. The van der Waals surface area contributed by atoms with E-state index < -0.39 is 5.91 Å². The van der Waals surface area contributed by atoms with Crippen LogP contribution in [-0.4, -0.2) is 39.1 Å². The summed E-state index contributed by atoms with van der Waals surface area (Å²) in [7, 11) is 1.57. The van der Waals surface area contributed by atoms with Crippen LogP contribution in [0.3, 0.4) is 0 Å². The highest BCUT2D eigenvalue weighted by Gasteiger charge is 2.36. The lowest BCUT2D eigenvalue weighted by atomic mass is 10.0. The van der Waals surface area contributed by atoms with E-state index in [0.29, 0.717) is 40.3 Å². The maximum Gasteiger partial charge on any atom is 0.283 e. The van der Waals surface area contributed by atoms with Crippen LogP contribution in [0.15, 0.2) is 89.2 Å². The molecule has 9 heteroatoms. The summed E-state index contributed by atoms with van der Waals surface area (Å²) in [5.74, 6) is 0.596. The summed E-state index contributed by atoms with van der Waals surface area (Å²) in [4.78, 5) is 21.3. The lowest BCUT2D eigenvalue weighted by Crippen LogP contribution is -2.35. The Morgan fingerprint density at radius 3 is 2.74 bits per heavy atom. The summed E-state index contributed by atoms with van der Waals surface area (Å²) >= 11 is 1.23. The summed E-state index contributed by atoms with van der Waals surface area (Å²) in [6.45, 7) is 6.31. The van der Waals surface area contributed by atoms with Gasteiger partial charge in [0, 0.05) is 23.5 Å². The van der Waals surface area contributed by atoms with Crippen LogP contribution in [0.2, 0.25) is 0 Å². The largest absolute Gasteiger partial charge is 0.493 e. The number of nitrogens with one attached hydrogen (secondary N) is 1. The van der Waals surface area contributed by atoms with Crippen molar-refractivity contribution in [2.24, 2.45) is 10.1 Å². The Bertz CT molecular complexity index is 1530. The lowest BCUT2D eigenvalue weighted by molar-refractivity contribution is -0.114. The third kappa shape index (κ3) is 5.01. The summed E-state index contributed by atoms with van der Waals surface area (Å²) in [5, 5.41) is 15.6. The molecule has 2 aliphatic rings. The van der Waals surface area contributed by atoms with Crippen molar-refractivity contribution in [2.45, 2.75) is 20.0 Å².